The van der Waals surface area contributed by atoms with Crippen LogP contribution in [-0.2, 0) is 4.79 Å². The van der Waals surface area contributed by atoms with E-state index in [1.165, 1.54) is 0 Å². The molecule has 194 valence electrons. The first-order chi connectivity index (χ1) is 17.5. The number of hydrogen-bond acceptors (Lipinski definition) is 5. The molecule has 0 radical (unpaired) electrons. The van der Waals surface area contributed by atoms with Crippen molar-refractivity contribution in [1.82, 2.24) is 10.2 Å². The van der Waals surface area contributed by atoms with Crippen molar-refractivity contribution in [2.24, 2.45) is 16.7 Å². The monoisotopic (exact) mass is 521 g/mol. The molecule has 0 atom stereocenters. The van der Waals surface area contributed by atoms with Gasteiger partial charge in [-0.25, -0.2) is 0 Å². The molecule has 0 bridgehead atoms. The molecule has 8 heteroatoms. The Kier molecular flexibility index (Phi) is 7.34. The second kappa shape index (κ2) is 10.2. The summed E-state index contributed by atoms with van der Waals surface area (Å²) in [5.74, 6) is 0.315. The predicted molar refractivity (Wildman–Crippen MR) is 141 cm³/mol. The minimum Gasteiger partial charge on any atom is -0.489 e. The van der Waals surface area contributed by atoms with Crippen LogP contribution in [0.4, 0.5) is 0 Å². The van der Waals surface area contributed by atoms with Crippen molar-refractivity contribution >= 4 is 29.7 Å². The molecular formula is C29H32ClN3O4. The van der Waals surface area contributed by atoms with E-state index in [-0.39, 0.29) is 40.7 Å². The molecule has 0 aromatic heterocycles. The van der Waals surface area contributed by atoms with Crippen molar-refractivity contribution in [2.75, 3.05) is 13.1 Å². The Morgan fingerprint density at radius 1 is 1.05 bits per heavy atom. The minimum absolute atomic E-state index is 0.0297. The first-order valence-electron chi connectivity index (χ1n) is 12.5. The number of nitrogens with one attached hydrogen (secondary N) is 1. The number of amides is 2. The fourth-order valence-corrected chi connectivity index (χ4v) is 6.21. The largest absolute Gasteiger partial charge is 0.489 e. The Morgan fingerprint density at radius 3 is 2.19 bits per heavy atom. The molecule has 1 saturated heterocycles. The third kappa shape index (κ3) is 5.08. The molecular weight excluding hydrogens is 490 g/mol. The van der Waals surface area contributed by atoms with E-state index in [9.17, 15) is 14.4 Å². The lowest BCUT2D eigenvalue weighted by Gasteiger charge is -2.63. The summed E-state index contributed by atoms with van der Waals surface area (Å²) in [5.41, 5.74) is 0.652. The Bertz CT molecular complexity index is 1220. The summed E-state index contributed by atoms with van der Waals surface area (Å²) in [6.07, 6.45) is 2.14. The van der Waals surface area contributed by atoms with Gasteiger partial charge in [-0.1, -0.05) is 39.3 Å². The topological polar surface area (TPSA) is 99.5 Å². The number of ether oxygens (including phenoxy) is 1. The van der Waals surface area contributed by atoms with Gasteiger partial charge < -0.3 is 19.7 Å². The molecule has 37 heavy (non-hydrogen) atoms. The van der Waals surface area contributed by atoms with E-state index in [4.69, 9.17) is 21.6 Å². The lowest BCUT2D eigenvalue weighted by Crippen LogP contribution is -2.74. The number of nitrogens with zero attached hydrogens (tertiary/aromatic N) is 2. The molecule has 2 amide bonds. The maximum atomic E-state index is 13.1. The van der Waals surface area contributed by atoms with Crippen molar-refractivity contribution in [3.8, 4) is 11.8 Å². The Hall–Kier alpha value is -3.37. The van der Waals surface area contributed by atoms with Crippen molar-refractivity contribution in [1.29, 1.82) is 5.26 Å². The summed E-state index contributed by atoms with van der Waals surface area (Å²) in [6.45, 7) is 9.33. The zero-order valence-corrected chi connectivity index (χ0v) is 22.3. The van der Waals surface area contributed by atoms with E-state index in [0.717, 1.165) is 6.29 Å². The summed E-state index contributed by atoms with van der Waals surface area (Å²) in [5, 5.41) is 12.6. The van der Waals surface area contributed by atoms with Gasteiger partial charge in [-0.15, -0.1) is 0 Å². The summed E-state index contributed by atoms with van der Waals surface area (Å²) in [6, 6.07) is 13.6. The first-order valence-corrected chi connectivity index (χ1v) is 12.9. The fraction of sp³-hybridized carbons (Fsp3) is 0.448. The number of nitriles is 1. The van der Waals surface area contributed by atoms with Gasteiger partial charge in [0.05, 0.1) is 10.6 Å². The maximum absolute atomic E-state index is 13.1. The normalized spacial score (nSPS) is 22.3. The lowest BCUT2D eigenvalue weighted by atomic mass is 9.49. The number of benzene rings is 2. The van der Waals surface area contributed by atoms with Crippen molar-refractivity contribution < 1.29 is 19.1 Å². The third-order valence-electron chi connectivity index (χ3n) is 7.84. The van der Waals surface area contributed by atoms with Gasteiger partial charge >= 0.3 is 0 Å². The molecule has 1 N–H and O–H groups in total. The molecule has 1 saturated carbocycles. The molecule has 1 aliphatic carbocycles. The Balaban J connectivity index is 1.40. The number of likely N-dealkylation sites (tertiary alicyclic amines) is 1. The second-order valence-electron chi connectivity index (χ2n) is 11.1. The Morgan fingerprint density at radius 2 is 1.65 bits per heavy atom. The molecule has 2 aromatic carbocycles. The molecule has 0 unspecified atom stereocenters. The van der Waals surface area contributed by atoms with E-state index in [2.05, 4.69) is 33.0 Å². The molecule has 1 heterocycles. The maximum Gasteiger partial charge on any atom is 0.253 e. The zero-order chi connectivity index (χ0) is 27.0. The highest BCUT2D eigenvalue weighted by molar-refractivity contribution is 6.31. The van der Waals surface area contributed by atoms with E-state index < -0.39 is 0 Å². The van der Waals surface area contributed by atoms with Crippen LogP contribution < -0.4 is 10.1 Å². The summed E-state index contributed by atoms with van der Waals surface area (Å²) in [4.78, 5) is 38.7. The average molecular weight is 522 g/mol. The van der Waals surface area contributed by atoms with E-state index in [1.54, 1.807) is 47.4 Å². The quantitative estimate of drug-likeness (QED) is 0.546. The average Bonchev–Trinajstić information content (AvgIpc) is 2.89. The van der Waals surface area contributed by atoms with Crippen LogP contribution in [0.2, 0.25) is 5.02 Å². The number of carbonyl (C=O) groups is 3. The van der Waals surface area contributed by atoms with Crippen molar-refractivity contribution in [3.05, 3.63) is 64.2 Å². The van der Waals surface area contributed by atoms with Gasteiger partial charge in [-0.2, -0.15) is 5.26 Å². The van der Waals surface area contributed by atoms with Crippen LogP contribution in [0.3, 0.4) is 0 Å². The summed E-state index contributed by atoms with van der Waals surface area (Å²) < 4.78 is 6.29. The fourth-order valence-electron chi connectivity index (χ4n) is 6.00. The van der Waals surface area contributed by atoms with Crippen LogP contribution in [0.5, 0.6) is 5.75 Å². The molecule has 2 aromatic rings. The standard InChI is InChI=1S/C29H32ClN3O4/c1-28(2)26(29(3,4)27(28)37-22-10-9-21(16-31)23(30)15-22)32-24(35)19-5-7-20(8-6-19)25(36)33-13-11-18(17-34)12-14-33/h5-10,15,17-18,26-27H,11-14H2,1-4H3,(H,32,35)/t26-,27-. The number of aldehydes is 1. The van der Waals surface area contributed by atoms with Crippen LogP contribution in [0.15, 0.2) is 42.5 Å². The van der Waals surface area contributed by atoms with Gasteiger partial charge in [-0.3, -0.25) is 9.59 Å². The Labute approximate surface area is 222 Å². The number of hydrogen-bond donors (Lipinski definition) is 1. The van der Waals surface area contributed by atoms with Gasteiger partial charge in [-0.05, 0) is 49.2 Å². The molecule has 7 nitrogen and oxygen atoms in total. The highest BCUT2D eigenvalue weighted by Gasteiger charge is 2.64. The molecule has 1 aliphatic heterocycles. The first kappa shape index (κ1) is 26.7. The molecule has 0 spiro atoms. The number of piperidine rings is 1. The number of halogens is 1. The van der Waals surface area contributed by atoms with Crippen LogP contribution in [0, 0.1) is 28.1 Å². The summed E-state index contributed by atoms with van der Waals surface area (Å²) in [7, 11) is 0. The molecule has 2 aliphatic rings. The van der Waals surface area contributed by atoms with Crippen LogP contribution in [0.1, 0.15) is 66.8 Å². The van der Waals surface area contributed by atoms with Gasteiger partial charge in [0.2, 0.25) is 0 Å². The van der Waals surface area contributed by atoms with E-state index in [0.29, 0.717) is 53.4 Å². The number of rotatable bonds is 6. The second-order valence-corrected chi connectivity index (χ2v) is 11.6. The zero-order valence-electron chi connectivity index (χ0n) is 21.6. The third-order valence-corrected chi connectivity index (χ3v) is 8.16. The lowest BCUT2D eigenvalue weighted by molar-refractivity contribution is -0.164. The highest BCUT2D eigenvalue weighted by Crippen LogP contribution is 2.55. The van der Waals surface area contributed by atoms with Crippen molar-refractivity contribution in [2.45, 2.75) is 52.7 Å². The van der Waals surface area contributed by atoms with Crippen molar-refractivity contribution in [3.63, 3.8) is 0 Å². The SMILES string of the molecule is CC1(C)[C@H](NC(=O)c2ccc(C(=O)N3CCC(C=O)CC3)cc2)C(C)(C)[C@H]1Oc1ccc(C#N)c(Cl)c1. The van der Waals surface area contributed by atoms with Gasteiger partial charge in [0.15, 0.2) is 0 Å². The van der Waals surface area contributed by atoms with Gasteiger partial charge in [0.25, 0.3) is 11.8 Å². The highest BCUT2D eigenvalue weighted by atomic mass is 35.5. The summed E-state index contributed by atoms with van der Waals surface area (Å²) >= 11 is 6.17. The minimum atomic E-state index is -0.372. The van der Waals surface area contributed by atoms with E-state index >= 15 is 0 Å². The van der Waals surface area contributed by atoms with Crippen LogP contribution in [-0.4, -0.2) is 48.2 Å². The molecule has 4 rings (SSSR count). The smallest absolute Gasteiger partial charge is 0.253 e. The predicted octanol–water partition coefficient (Wildman–Crippen LogP) is 4.87. The van der Waals surface area contributed by atoms with Gasteiger partial charge in [0.1, 0.15) is 24.2 Å². The number of carbonyl (C=O) groups excluding carboxylic acids is 3. The van der Waals surface area contributed by atoms with Crippen LogP contribution >= 0.6 is 11.6 Å². The van der Waals surface area contributed by atoms with E-state index in [1.807, 2.05) is 6.07 Å². The molecule has 2 fully saturated rings. The van der Waals surface area contributed by atoms with Crippen LogP contribution in [0.25, 0.3) is 0 Å². The van der Waals surface area contributed by atoms with Gasteiger partial charge in [0, 0.05) is 53.1 Å².